The molecule has 7 nitrogen and oxygen atoms in total. The second-order valence-corrected chi connectivity index (χ2v) is 9.82. The van der Waals surface area contributed by atoms with E-state index in [0.717, 1.165) is 16.7 Å². The van der Waals surface area contributed by atoms with E-state index in [9.17, 15) is 18.0 Å². The first-order valence-corrected chi connectivity index (χ1v) is 10.9. The van der Waals surface area contributed by atoms with Gasteiger partial charge in [0, 0.05) is 24.8 Å². The smallest absolute Gasteiger partial charge is 0.313 e. The second-order valence-electron chi connectivity index (χ2n) is 7.59. The summed E-state index contributed by atoms with van der Waals surface area (Å²) in [5.41, 5.74) is 3.48. The summed E-state index contributed by atoms with van der Waals surface area (Å²) in [6, 6.07) is 3.44. The Bertz CT molecular complexity index is 810. The molecule has 1 saturated heterocycles. The highest BCUT2D eigenvalue weighted by atomic mass is 32.2. The number of rotatable bonds is 5. The topological polar surface area (TPSA) is 86.8 Å². The molecule has 0 aromatic heterocycles. The van der Waals surface area contributed by atoms with E-state index in [1.807, 2.05) is 51.9 Å². The van der Waals surface area contributed by atoms with Gasteiger partial charge in [-0.25, -0.2) is 8.42 Å². The summed E-state index contributed by atoms with van der Waals surface area (Å²) in [5, 5.41) is 2.72. The molecule has 150 valence electrons. The molecule has 1 N–H and O–H groups in total. The molecule has 2 amide bonds. The van der Waals surface area contributed by atoms with Gasteiger partial charge in [-0.1, -0.05) is 17.7 Å². The van der Waals surface area contributed by atoms with Gasteiger partial charge in [0.05, 0.1) is 11.5 Å². The van der Waals surface area contributed by atoms with E-state index in [0.29, 0.717) is 25.2 Å². The Morgan fingerprint density at radius 3 is 2.19 bits per heavy atom. The van der Waals surface area contributed by atoms with E-state index < -0.39 is 27.7 Å². The Hall–Kier alpha value is -1.93. The first-order chi connectivity index (χ1) is 12.5. The lowest BCUT2D eigenvalue weighted by molar-refractivity contribution is -0.144. The molecular formula is C19H29N3O4S. The lowest BCUT2D eigenvalue weighted by Crippen LogP contribution is -2.49. The van der Waals surface area contributed by atoms with Crippen molar-refractivity contribution in [1.82, 2.24) is 9.80 Å². The van der Waals surface area contributed by atoms with E-state index in [-0.39, 0.29) is 11.5 Å². The number of sulfone groups is 1. The molecule has 0 radical (unpaired) electrons. The third-order valence-corrected chi connectivity index (χ3v) is 6.56. The lowest BCUT2D eigenvalue weighted by Gasteiger charge is -2.29. The molecule has 27 heavy (non-hydrogen) atoms. The zero-order valence-electron chi connectivity index (χ0n) is 16.7. The fourth-order valence-corrected chi connectivity index (χ4v) is 5.18. The zero-order chi connectivity index (χ0) is 20.4. The maximum atomic E-state index is 12.8. The van der Waals surface area contributed by atoms with Crippen molar-refractivity contribution in [1.29, 1.82) is 0 Å². The van der Waals surface area contributed by atoms with Crippen molar-refractivity contribution in [3.05, 3.63) is 28.8 Å². The number of nitrogens with one attached hydrogen (secondary N) is 1. The fourth-order valence-electron chi connectivity index (χ4n) is 3.45. The molecule has 1 aromatic carbocycles. The number of anilines is 1. The Morgan fingerprint density at radius 1 is 1.11 bits per heavy atom. The highest BCUT2D eigenvalue weighted by Gasteiger charge is 2.36. The maximum Gasteiger partial charge on any atom is 0.313 e. The minimum Gasteiger partial charge on any atom is -0.329 e. The van der Waals surface area contributed by atoms with Gasteiger partial charge in [0.2, 0.25) is 0 Å². The van der Waals surface area contributed by atoms with Crippen LogP contribution in [0.15, 0.2) is 12.1 Å². The van der Waals surface area contributed by atoms with Crippen LogP contribution in [0.1, 0.15) is 23.1 Å². The molecule has 0 aliphatic carbocycles. The third-order valence-electron chi connectivity index (χ3n) is 4.81. The molecule has 0 bridgehead atoms. The van der Waals surface area contributed by atoms with Crippen molar-refractivity contribution < 1.29 is 18.0 Å². The van der Waals surface area contributed by atoms with Crippen LogP contribution in [0.2, 0.25) is 0 Å². The number of amides is 2. The van der Waals surface area contributed by atoms with Crippen LogP contribution in [-0.4, -0.2) is 74.8 Å². The first kappa shape index (κ1) is 21.4. The van der Waals surface area contributed by atoms with Crippen LogP contribution in [0.4, 0.5) is 5.69 Å². The van der Waals surface area contributed by atoms with Crippen molar-refractivity contribution in [3.63, 3.8) is 0 Å². The number of carbonyl (C=O) groups excluding carboxylic acids is 2. The Balaban J connectivity index is 2.20. The van der Waals surface area contributed by atoms with Gasteiger partial charge in [-0.3, -0.25) is 9.59 Å². The Kier molecular flexibility index (Phi) is 6.64. The van der Waals surface area contributed by atoms with E-state index in [1.165, 1.54) is 4.90 Å². The average Bonchev–Trinajstić information content (AvgIpc) is 2.90. The largest absolute Gasteiger partial charge is 0.329 e. The van der Waals surface area contributed by atoms with Gasteiger partial charge >= 0.3 is 11.8 Å². The van der Waals surface area contributed by atoms with Crippen molar-refractivity contribution >= 4 is 27.3 Å². The number of nitrogens with zero attached hydrogens (tertiary/aromatic N) is 2. The molecule has 1 fully saturated rings. The van der Waals surface area contributed by atoms with Gasteiger partial charge in [-0.2, -0.15) is 0 Å². The minimum atomic E-state index is -3.15. The summed E-state index contributed by atoms with van der Waals surface area (Å²) in [6.07, 6.45) is 0.372. The highest BCUT2D eigenvalue weighted by Crippen LogP contribution is 2.23. The van der Waals surface area contributed by atoms with Gasteiger partial charge in [-0.15, -0.1) is 0 Å². The molecule has 0 saturated carbocycles. The standard InChI is InChI=1S/C19H29N3O4S/c1-13-10-14(2)17(15(3)11-13)20-18(23)19(24)22(8-7-21(4)5)16-6-9-27(25,26)12-16/h10-11,16H,6-9,12H2,1-5H3,(H,20,23). The minimum absolute atomic E-state index is 0.0568. The summed E-state index contributed by atoms with van der Waals surface area (Å²) < 4.78 is 23.7. The molecule has 1 aromatic rings. The predicted octanol–water partition coefficient (Wildman–Crippen LogP) is 1.13. The monoisotopic (exact) mass is 395 g/mol. The van der Waals surface area contributed by atoms with Gasteiger partial charge in [0.25, 0.3) is 0 Å². The molecule has 2 rings (SSSR count). The fraction of sp³-hybridized carbons (Fsp3) is 0.579. The molecule has 0 spiro atoms. The van der Waals surface area contributed by atoms with Crippen molar-refractivity contribution in [3.8, 4) is 0 Å². The summed E-state index contributed by atoms with van der Waals surface area (Å²) in [6.45, 7) is 6.60. The van der Waals surface area contributed by atoms with E-state index >= 15 is 0 Å². The Morgan fingerprint density at radius 2 is 1.70 bits per heavy atom. The van der Waals surface area contributed by atoms with Crippen LogP contribution < -0.4 is 5.32 Å². The first-order valence-electron chi connectivity index (χ1n) is 9.05. The highest BCUT2D eigenvalue weighted by molar-refractivity contribution is 7.91. The summed E-state index contributed by atoms with van der Waals surface area (Å²) in [4.78, 5) is 28.8. The summed E-state index contributed by atoms with van der Waals surface area (Å²) in [5.74, 6) is -1.44. The van der Waals surface area contributed by atoms with E-state index in [1.54, 1.807) is 0 Å². The summed E-state index contributed by atoms with van der Waals surface area (Å²) >= 11 is 0. The molecule has 1 aliphatic heterocycles. The van der Waals surface area contributed by atoms with Crippen LogP contribution >= 0.6 is 0 Å². The van der Waals surface area contributed by atoms with Gasteiger partial charge < -0.3 is 15.1 Å². The number of likely N-dealkylation sites (N-methyl/N-ethyl adjacent to an activating group) is 1. The van der Waals surface area contributed by atoms with Gasteiger partial charge in [0.1, 0.15) is 0 Å². The molecule has 8 heteroatoms. The molecule has 1 unspecified atom stereocenters. The molecular weight excluding hydrogens is 366 g/mol. The quantitative estimate of drug-likeness (QED) is 0.755. The SMILES string of the molecule is Cc1cc(C)c(NC(=O)C(=O)N(CCN(C)C)C2CCS(=O)(=O)C2)c(C)c1. The Labute approximate surface area is 161 Å². The number of carbonyl (C=O) groups is 2. The zero-order valence-corrected chi connectivity index (χ0v) is 17.5. The average molecular weight is 396 g/mol. The second kappa shape index (κ2) is 8.39. The molecule has 1 heterocycles. The molecule has 1 atom stereocenters. The van der Waals surface area contributed by atoms with E-state index in [4.69, 9.17) is 0 Å². The maximum absolute atomic E-state index is 12.8. The number of benzene rings is 1. The van der Waals surface area contributed by atoms with Crippen LogP contribution in [-0.2, 0) is 19.4 Å². The lowest BCUT2D eigenvalue weighted by atomic mass is 10.1. The van der Waals surface area contributed by atoms with Crippen molar-refractivity contribution in [2.24, 2.45) is 0 Å². The van der Waals surface area contributed by atoms with Crippen LogP contribution in [0.5, 0.6) is 0 Å². The van der Waals surface area contributed by atoms with Crippen molar-refractivity contribution in [2.45, 2.75) is 33.2 Å². The number of hydrogen-bond donors (Lipinski definition) is 1. The number of hydrogen-bond acceptors (Lipinski definition) is 5. The van der Waals surface area contributed by atoms with Crippen LogP contribution in [0.3, 0.4) is 0 Å². The van der Waals surface area contributed by atoms with E-state index in [2.05, 4.69) is 5.32 Å². The molecule has 1 aliphatic rings. The van der Waals surface area contributed by atoms with Gasteiger partial charge in [0.15, 0.2) is 9.84 Å². The summed E-state index contributed by atoms with van der Waals surface area (Å²) in [7, 11) is 0.582. The van der Waals surface area contributed by atoms with Crippen LogP contribution in [0, 0.1) is 20.8 Å². The predicted molar refractivity (Wildman–Crippen MR) is 107 cm³/mol. The van der Waals surface area contributed by atoms with Crippen LogP contribution in [0.25, 0.3) is 0 Å². The third kappa shape index (κ3) is 5.52. The van der Waals surface area contributed by atoms with Gasteiger partial charge in [-0.05, 0) is 52.4 Å². The normalized spacial score (nSPS) is 18.5. The number of aryl methyl sites for hydroxylation is 3. The van der Waals surface area contributed by atoms with Crippen molar-refractivity contribution in [2.75, 3.05) is 44.0 Å².